The summed E-state index contributed by atoms with van der Waals surface area (Å²) in [5.41, 5.74) is 4.94. The lowest BCUT2D eigenvalue weighted by molar-refractivity contribution is -0.148. The number of carbonyl (C=O) groups is 1. The maximum atomic E-state index is 9.86. The maximum absolute atomic E-state index is 9.86. The second-order valence-electron chi connectivity index (χ2n) is 1.63. The molecule has 0 aliphatic carbocycles. The van der Waals surface area contributed by atoms with Crippen LogP contribution in [0.4, 0.5) is 0 Å². The topological polar surface area (TPSA) is 104 Å². The van der Waals surface area contributed by atoms with Crippen molar-refractivity contribution in [1.29, 1.82) is 0 Å². The van der Waals surface area contributed by atoms with Crippen molar-refractivity contribution in [3.05, 3.63) is 0 Å². The molecule has 9 heavy (non-hydrogen) atoms. The monoisotopic (exact) mass is 135 g/mol. The van der Waals surface area contributed by atoms with Crippen LogP contribution in [-0.4, -0.2) is 40.0 Å². The van der Waals surface area contributed by atoms with E-state index in [0.717, 1.165) is 0 Å². The van der Waals surface area contributed by atoms with Gasteiger partial charge >= 0.3 is 5.97 Å². The van der Waals surface area contributed by atoms with Gasteiger partial charge in [-0.1, -0.05) is 0 Å². The highest BCUT2D eigenvalue weighted by molar-refractivity contribution is 5.72. The SMILES string of the molecule is N[C@H](CO)[C@H](O)C(=O)O. The summed E-state index contributed by atoms with van der Waals surface area (Å²) in [6.45, 7) is -0.534. The molecular weight excluding hydrogens is 126 g/mol. The van der Waals surface area contributed by atoms with Crippen LogP contribution in [0.3, 0.4) is 0 Å². The molecule has 0 rings (SSSR count). The van der Waals surface area contributed by atoms with Crippen molar-refractivity contribution in [1.82, 2.24) is 0 Å². The summed E-state index contributed by atoms with van der Waals surface area (Å²) in [7, 11) is 0. The van der Waals surface area contributed by atoms with Crippen molar-refractivity contribution in [2.75, 3.05) is 6.61 Å². The molecule has 0 saturated heterocycles. The Bertz CT molecular complexity index is 105. The van der Waals surface area contributed by atoms with E-state index >= 15 is 0 Å². The average molecular weight is 135 g/mol. The van der Waals surface area contributed by atoms with E-state index in [-0.39, 0.29) is 0 Å². The van der Waals surface area contributed by atoms with Crippen LogP contribution in [0.25, 0.3) is 0 Å². The molecule has 5 heteroatoms. The van der Waals surface area contributed by atoms with Crippen molar-refractivity contribution in [2.45, 2.75) is 12.1 Å². The first-order chi connectivity index (χ1) is 4.09. The van der Waals surface area contributed by atoms with Crippen molar-refractivity contribution < 1.29 is 20.1 Å². The van der Waals surface area contributed by atoms with E-state index in [1.165, 1.54) is 0 Å². The van der Waals surface area contributed by atoms with Gasteiger partial charge in [-0.05, 0) is 0 Å². The molecule has 2 atom stereocenters. The fraction of sp³-hybridized carbons (Fsp3) is 0.750. The van der Waals surface area contributed by atoms with Gasteiger partial charge in [-0.2, -0.15) is 0 Å². The average Bonchev–Trinajstić information content (AvgIpc) is 1.84. The number of hydrogen-bond acceptors (Lipinski definition) is 4. The van der Waals surface area contributed by atoms with Crippen molar-refractivity contribution in [3.8, 4) is 0 Å². The second-order valence-corrected chi connectivity index (χ2v) is 1.63. The lowest BCUT2D eigenvalue weighted by atomic mass is 10.2. The fourth-order valence-corrected chi connectivity index (χ4v) is 0.283. The fourth-order valence-electron chi connectivity index (χ4n) is 0.283. The highest BCUT2D eigenvalue weighted by Crippen LogP contribution is 1.87. The van der Waals surface area contributed by atoms with Crippen LogP contribution in [-0.2, 0) is 4.79 Å². The number of carboxylic acids is 1. The smallest absolute Gasteiger partial charge is 0.334 e. The maximum Gasteiger partial charge on any atom is 0.334 e. The molecule has 0 aromatic heterocycles. The van der Waals surface area contributed by atoms with E-state index in [1.54, 1.807) is 0 Å². The van der Waals surface area contributed by atoms with Crippen LogP contribution in [0, 0.1) is 0 Å². The van der Waals surface area contributed by atoms with Crippen molar-refractivity contribution in [2.24, 2.45) is 5.73 Å². The van der Waals surface area contributed by atoms with Gasteiger partial charge in [0.15, 0.2) is 6.10 Å². The molecule has 0 amide bonds. The molecule has 0 unspecified atom stereocenters. The summed E-state index contributed by atoms with van der Waals surface area (Å²) in [5, 5.41) is 24.8. The Morgan fingerprint density at radius 2 is 2.11 bits per heavy atom. The minimum Gasteiger partial charge on any atom is -0.479 e. The molecule has 0 bridgehead atoms. The standard InChI is InChI=1S/C4H9NO4/c5-2(1-6)3(7)4(8)9/h2-3,6-7H,1,5H2,(H,8,9)/t2-,3+/m1/s1. The molecule has 0 fully saturated rings. The molecule has 0 spiro atoms. The third-order valence-electron chi connectivity index (χ3n) is 0.869. The molecule has 0 aliphatic heterocycles. The second kappa shape index (κ2) is 3.39. The summed E-state index contributed by atoms with van der Waals surface area (Å²) in [6.07, 6.45) is -1.67. The summed E-state index contributed by atoms with van der Waals surface area (Å²) in [4.78, 5) is 9.86. The summed E-state index contributed by atoms with van der Waals surface area (Å²) in [5.74, 6) is -1.42. The molecule has 54 valence electrons. The van der Waals surface area contributed by atoms with E-state index < -0.39 is 24.7 Å². The van der Waals surface area contributed by atoms with Crippen LogP contribution in [0.15, 0.2) is 0 Å². The highest BCUT2D eigenvalue weighted by atomic mass is 16.4. The van der Waals surface area contributed by atoms with Gasteiger partial charge in [0, 0.05) is 0 Å². The van der Waals surface area contributed by atoms with E-state index in [9.17, 15) is 4.79 Å². The Morgan fingerprint density at radius 1 is 1.67 bits per heavy atom. The molecule has 0 aromatic rings. The van der Waals surface area contributed by atoms with Gasteiger partial charge < -0.3 is 21.1 Å². The third-order valence-corrected chi connectivity index (χ3v) is 0.869. The molecule has 0 radical (unpaired) electrons. The van der Waals surface area contributed by atoms with E-state index in [2.05, 4.69) is 0 Å². The molecule has 0 saturated carbocycles. The first-order valence-electron chi connectivity index (χ1n) is 2.37. The van der Waals surface area contributed by atoms with Gasteiger partial charge in [-0.15, -0.1) is 0 Å². The lowest BCUT2D eigenvalue weighted by Crippen LogP contribution is -2.42. The van der Waals surface area contributed by atoms with Crippen LogP contribution in [0.2, 0.25) is 0 Å². The number of aliphatic hydroxyl groups excluding tert-OH is 2. The first-order valence-corrected chi connectivity index (χ1v) is 2.37. The molecule has 0 heterocycles. The van der Waals surface area contributed by atoms with E-state index in [4.69, 9.17) is 21.1 Å². The zero-order valence-corrected chi connectivity index (χ0v) is 4.69. The Balaban J connectivity index is 3.72. The number of aliphatic hydroxyl groups is 2. The predicted octanol–water partition coefficient (Wildman–Crippen LogP) is -2.25. The molecule has 5 N–H and O–H groups in total. The number of rotatable bonds is 3. The minimum atomic E-state index is -1.67. The Kier molecular flexibility index (Phi) is 3.15. The predicted molar refractivity (Wildman–Crippen MR) is 28.7 cm³/mol. The van der Waals surface area contributed by atoms with Crippen LogP contribution in [0.5, 0.6) is 0 Å². The Labute approximate surface area is 51.7 Å². The van der Waals surface area contributed by atoms with Gasteiger partial charge in [-0.25, -0.2) is 4.79 Å². The first kappa shape index (κ1) is 8.35. The van der Waals surface area contributed by atoms with Gasteiger partial charge in [0.05, 0.1) is 12.6 Å². The van der Waals surface area contributed by atoms with Gasteiger partial charge in [0.2, 0.25) is 0 Å². The van der Waals surface area contributed by atoms with Gasteiger partial charge in [-0.3, -0.25) is 0 Å². The van der Waals surface area contributed by atoms with Crippen molar-refractivity contribution in [3.63, 3.8) is 0 Å². The molecule has 5 nitrogen and oxygen atoms in total. The number of carboxylic acid groups (broad SMARTS) is 1. The summed E-state index contributed by atoms with van der Waals surface area (Å²) >= 11 is 0. The largest absolute Gasteiger partial charge is 0.479 e. The highest BCUT2D eigenvalue weighted by Gasteiger charge is 2.20. The lowest BCUT2D eigenvalue weighted by Gasteiger charge is -2.10. The summed E-state index contributed by atoms with van der Waals surface area (Å²) < 4.78 is 0. The number of hydrogen-bond donors (Lipinski definition) is 4. The minimum absolute atomic E-state index is 0.534. The van der Waals surface area contributed by atoms with E-state index in [0.29, 0.717) is 0 Å². The Morgan fingerprint density at radius 3 is 2.22 bits per heavy atom. The van der Waals surface area contributed by atoms with Gasteiger partial charge in [0.25, 0.3) is 0 Å². The van der Waals surface area contributed by atoms with E-state index in [1.807, 2.05) is 0 Å². The zero-order valence-electron chi connectivity index (χ0n) is 4.69. The molecule has 0 aliphatic rings. The Hall–Kier alpha value is -0.650. The third kappa shape index (κ3) is 2.41. The quantitative estimate of drug-likeness (QED) is 0.350. The molecular formula is C4H9NO4. The van der Waals surface area contributed by atoms with Crippen LogP contribution in [0.1, 0.15) is 0 Å². The summed E-state index contributed by atoms with van der Waals surface area (Å²) in [6, 6.07) is -1.09. The van der Waals surface area contributed by atoms with Crippen LogP contribution < -0.4 is 5.73 Å². The number of nitrogens with two attached hydrogens (primary N) is 1. The number of aliphatic carboxylic acids is 1. The van der Waals surface area contributed by atoms with Crippen LogP contribution >= 0.6 is 0 Å². The van der Waals surface area contributed by atoms with Gasteiger partial charge in [0.1, 0.15) is 0 Å². The molecule has 0 aromatic carbocycles. The normalized spacial score (nSPS) is 16.8. The van der Waals surface area contributed by atoms with Crippen molar-refractivity contribution >= 4 is 5.97 Å². The zero-order chi connectivity index (χ0) is 7.44.